The van der Waals surface area contributed by atoms with E-state index in [0.29, 0.717) is 0 Å². The van der Waals surface area contributed by atoms with Gasteiger partial charge in [-0.2, -0.15) is 0 Å². The van der Waals surface area contributed by atoms with E-state index in [0.717, 1.165) is 36.3 Å². The topological polar surface area (TPSA) is 19.4 Å². The first kappa shape index (κ1) is 15.8. The molecule has 0 bridgehead atoms. The Kier molecular flexibility index (Phi) is 4.30. The first-order valence-corrected chi connectivity index (χ1v) is 9.74. The van der Waals surface area contributed by atoms with Gasteiger partial charge in [-0.05, 0) is 25.3 Å². The van der Waals surface area contributed by atoms with Gasteiger partial charge in [-0.1, -0.05) is 32.1 Å². The van der Waals surface area contributed by atoms with Crippen molar-refractivity contribution in [3.8, 4) is 0 Å². The van der Waals surface area contributed by atoms with Crippen LogP contribution in [0.4, 0.5) is 13.9 Å². The minimum absolute atomic E-state index is 0.162. The van der Waals surface area contributed by atoms with Gasteiger partial charge in [-0.25, -0.2) is 13.8 Å². The van der Waals surface area contributed by atoms with E-state index < -0.39 is 5.92 Å². The Morgan fingerprint density at radius 3 is 2.70 bits per heavy atom. The lowest BCUT2D eigenvalue weighted by atomic mass is 9.87. The van der Waals surface area contributed by atoms with Gasteiger partial charge in [-0.3, -0.25) is 4.90 Å². The van der Waals surface area contributed by atoms with Crippen molar-refractivity contribution < 1.29 is 8.78 Å². The molecule has 1 aliphatic carbocycles. The molecule has 2 aliphatic heterocycles. The Bertz CT molecular complexity index is 546. The van der Waals surface area contributed by atoms with Crippen LogP contribution in [0.25, 0.3) is 0 Å². The molecule has 3 heterocycles. The van der Waals surface area contributed by atoms with Gasteiger partial charge in [0.15, 0.2) is 5.13 Å². The van der Waals surface area contributed by atoms with Crippen molar-refractivity contribution in [1.29, 1.82) is 0 Å². The number of thiazole rings is 1. The molecule has 0 aromatic carbocycles. The minimum atomic E-state index is -2.52. The van der Waals surface area contributed by atoms with Crippen LogP contribution < -0.4 is 4.90 Å². The fraction of sp³-hybridized carbons (Fsp3) is 0.824. The van der Waals surface area contributed by atoms with Crippen LogP contribution in [0.1, 0.15) is 49.1 Å². The number of hydrogen-bond donors (Lipinski definition) is 0. The molecule has 128 valence electrons. The highest BCUT2D eigenvalue weighted by Crippen LogP contribution is 2.37. The Balaban J connectivity index is 1.31. The van der Waals surface area contributed by atoms with Crippen molar-refractivity contribution in [2.45, 2.75) is 57.4 Å². The summed E-state index contributed by atoms with van der Waals surface area (Å²) in [5, 5.41) is 0.801. The Morgan fingerprint density at radius 2 is 1.96 bits per heavy atom. The highest BCUT2D eigenvalue weighted by atomic mass is 32.1. The molecule has 0 N–H and O–H groups in total. The third kappa shape index (κ3) is 3.53. The summed E-state index contributed by atoms with van der Waals surface area (Å²) < 4.78 is 26.0. The van der Waals surface area contributed by atoms with Crippen molar-refractivity contribution in [3.05, 3.63) is 10.6 Å². The lowest BCUT2D eigenvalue weighted by molar-refractivity contribution is -0.0262. The van der Waals surface area contributed by atoms with E-state index in [-0.39, 0.29) is 13.1 Å². The van der Waals surface area contributed by atoms with E-state index in [1.54, 1.807) is 16.2 Å². The molecule has 4 rings (SSSR count). The molecule has 3 nitrogen and oxygen atoms in total. The van der Waals surface area contributed by atoms with Crippen LogP contribution in [0, 0.1) is 5.92 Å². The fourth-order valence-electron chi connectivity index (χ4n) is 4.05. The van der Waals surface area contributed by atoms with Crippen LogP contribution in [0.3, 0.4) is 0 Å². The summed E-state index contributed by atoms with van der Waals surface area (Å²) in [6.07, 6.45) is 9.38. The average Bonchev–Trinajstić information content (AvgIpc) is 2.94. The van der Waals surface area contributed by atoms with Crippen molar-refractivity contribution in [2.24, 2.45) is 5.92 Å². The zero-order valence-corrected chi connectivity index (χ0v) is 14.4. The van der Waals surface area contributed by atoms with Crippen LogP contribution >= 0.6 is 11.3 Å². The quantitative estimate of drug-likeness (QED) is 0.827. The smallest absolute Gasteiger partial charge is 0.282 e. The van der Waals surface area contributed by atoms with Crippen molar-refractivity contribution >= 4 is 16.5 Å². The van der Waals surface area contributed by atoms with Crippen LogP contribution in [0.2, 0.25) is 0 Å². The first-order chi connectivity index (χ1) is 11.1. The van der Waals surface area contributed by atoms with E-state index >= 15 is 0 Å². The summed E-state index contributed by atoms with van der Waals surface area (Å²) in [6.45, 7) is 2.84. The van der Waals surface area contributed by atoms with Crippen LogP contribution in [-0.2, 0) is 13.0 Å². The fourth-order valence-corrected chi connectivity index (χ4v) is 5.11. The monoisotopic (exact) mass is 341 g/mol. The number of alkyl halides is 2. The minimum Gasteiger partial charge on any atom is -0.336 e. The molecule has 1 aromatic heterocycles. The van der Waals surface area contributed by atoms with Crippen LogP contribution in [-0.4, -0.2) is 42.0 Å². The Labute approximate surface area is 140 Å². The number of aromatic nitrogens is 1. The van der Waals surface area contributed by atoms with E-state index in [9.17, 15) is 8.78 Å². The lowest BCUT2D eigenvalue weighted by Crippen LogP contribution is -2.56. The normalized spacial score (nSPS) is 25.2. The van der Waals surface area contributed by atoms with Crippen LogP contribution in [0.5, 0.6) is 0 Å². The van der Waals surface area contributed by atoms with Crippen molar-refractivity contribution in [3.63, 3.8) is 0 Å². The second kappa shape index (κ2) is 6.28. The molecule has 3 aliphatic rings. The van der Waals surface area contributed by atoms with Gasteiger partial charge in [-0.15, -0.1) is 11.3 Å². The summed E-state index contributed by atoms with van der Waals surface area (Å²) >= 11 is 1.62. The summed E-state index contributed by atoms with van der Waals surface area (Å²) in [4.78, 5) is 10.2. The molecular formula is C17H25F2N3S. The van der Waals surface area contributed by atoms with Gasteiger partial charge in [0.25, 0.3) is 5.92 Å². The number of anilines is 1. The van der Waals surface area contributed by atoms with E-state index in [1.165, 1.54) is 49.9 Å². The molecule has 2 fully saturated rings. The predicted octanol–water partition coefficient (Wildman–Crippen LogP) is 3.93. The number of halogens is 2. The Hall–Kier alpha value is -0.750. The standard InChI is InChI=1S/C17H25F2N3S/c18-17(19)11-22(12-17)16-20-14-10-21(9-7-15(14)23-16)8-6-13-4-2-1-3-5-13/h13H,1-12H2. The maximum absolute atomic E-state index is 13.0. The molecule has 1 saturated carbocycles. The summed E-state index contributed by atoms with van der Waals surface area (Å²) in [5.74, 6) is -1.60. The van der Waals surface area contributed by atoms with Gasteiger partial charge in [0.2, 0.25) is 0 Å². The highest BCUT2D eigenvalue weighted by Gasteiger charge is 2.45. The Morgan fingerprint density at radius 1 is 1.17 bits per heavy atom. The predicted molar refractivity (Wildman–Crippen MR) is 89.4 cm³/mol. The molecular weight excluding hydrogens is 316 g/mol. The maximum Gasteiger partial charge on any atom is 0.282 e. The summed E-state index contributed by atoms with van der Waals surface area (Å²) in [7, 11) is 0. The number of rotatable bonds is 4. The molecule has 1 saturated heterocycles. The zero-order valence-electron chi connectivity index (χ0n) is 13.6. The lowest BCUT2D eigenvalue weighted by Gasteiger charge is -2.38. The van der Waals surface area contributed by atoms with Gasteiger partial charge < -0.3 is 4.90 Å². The second-order valence-electron chi connectivity index (χ2n) is 7.40. The number of nitrogens with zero attached hydrogens (tertiary/aromatic N) is 3. The average molecular weight is 341 g/mol. The highest BCUT2D eigenvalue weighted by molar-refractivity contribution is 7.15. The summed E-state index contributed by atoms with van der Waals surface area (Å²) in [5.41, 5.74) is 1.13. The van der Waals surface area contributed by atoms with E-state index in [1.807, 2.05) is 0 Å². The maximum atomic E-state index is 13.0. The molecule has 0 atom stereocenters. The van der Waals surface area contributed by atoms with Gasteiger partial charge in [0, 0.05) is 18.0 Å². The third-order valence-corrected chi connectivity index (χ3v) is 6.71. The zero-order chi connectivity index (χ0) is 15.9. The van der Waals surface area contributed by atoms with Gasteiger partial charge >= 0.3 is 0 Å². The van der Waals surface area contributed by atoms with Gasteiger partial charge in [0.1, 0.15) is 0 Å². The molecule has 1 aromatic rings. The number of hydrogen-bond acceptors (Lipinski definition) is 4. The van der Waals surface area contributed by atoms with E-state index in [2.05, 4.69) is 9.88 Å². The second-order valence-corrected chi connectivity index (χ2v) is 8.46. The third-order valence-electron chi connectivity index (χ3n) is 5.49. The summed E-state index contributed by atoms with van der Waals surface area (Å²) in [6, 6.07) is 0. The number of fused-ring (bicyclic) bond motifs is 1. The first-order valence-electron chi connectivity index (χ1n) is 8.93. The largest absolute Gasteiger partial charge is 0.336 e. The van der Waals surface area contributed by atoms with E-state index in [4.69, 9.17) is 0 Å². The molecule has 23 heavy (non-hydrogen) atoms. The molecule has 0 amide bonds. The molecule has 0 spiro atoms. The van der Waals surface area contributed by atoms with Crippen LogP contribution in [0.15, 0.2) is 0 Å². The van der Waals surface area contributed by atoms with Crippen molar-refractivity contribution in [1.82, 2.24) is 9.88 Å². The van der Waals surface area contributed by atoms with Gasteiger partial charge in [0.05, 0.1) is 18.8 Å². The molecule has 0 radical (unpaired) electrons. The molecule has 0 unspecified atom stereocenters. The SMILES string of the molecule is FC1(F)CN(c2nc3c(s2)CCN(CCC2CCCCC2)C3)C1. The molecule has 6 heteroatoms. The van der Waals surface area contributed by atoms with Crippen molar-refractivity contribution in [2.75, 3.05) is 31.1 Å².